The molecular weight excluding hydrogens is 382 g/mol. The minimum atomic E-state index is -0.176. The van der Waals surface area contributed by atoms with Crippen LogP contribution in [0.2, 0.25) is 0 Å². The third-order valence-corrected chi connectivity index (χ3v) is 5.57. The first-order valence-electron chi connectivity index (χ1n) is 9.55. The van der Waals surface area contributed by atoms with E-state index in [9.17, 15) is 4.79 Å². The first-order chi connectivity index (χ1) is 13.9. The molecule has 1 amide bonds. The first-order valence-corrected chi connectivity index (χ1v) is 10.4. The number of benzene rings is 1. The van der Waals surface area contributed by atoms with Gasteiger partial charge >= 0.3 is 0 Å². The van der Waals surface area contributed by atoms with E-state index in [1.165, 1.54) is 0 Å². The molecule has 0 bridgehead atoms. The Bertz CT molecular complexity index is 1140. The van der Waals surface area contributed by atoms with Gasteiger partial charge in [0.1, 0.15) is 5.56 Å². The Morgan fingerprint density at radius 3 is 2.69 bits per heavy atom. The van der Waals surface area contributed by atoms with Crippen LogP contribution in [0.5, 0.6) is 0 Å². The zero-order chi connectivity index (χ0) is 20.4. The largest absolute Gasteiger partial charge is 0.351 e. The van der Waals surface area contributed by atoms with Gasteiger partial charge in [-0.25, -0.2) is 14.5 Å². The Morgan fingerprint density at radius 2 is 1.97 bits per heavy atom. The molecule has 1 N–H and O–H groups in total. The molecular formula is C22H23N5OS. The maximum atomic E-state index is 12.7. The molecule has 4 rings (SSSR count). The summed E-state index contributed by atoms with van der Waals surface area (Å²) in [5, 5.41) is 10.5. The van der Waals surface area contributed by atoms with Crippen molar-refractivity contribution in [2.24, 2.45) is 0 Å². The lowest BCUT2D eigenvalue weighted by Gasteiger charge is -2.14. The summed E-state index contributed by atoms with van der Waals surface area (Å²) in [6, 6.07) is 11.8. The van der Waals surface area contributed by atoms with Gasteiger partial charge < -0.3 is 5.32 Å². The number of carbonyl (C=O) groups excluding carboxylic acids is 1. The van der Waals surface area contributed by atoms with Gasteiger partial charge in [-0.05, 0) is 6.07 Å². The molecule has 3 aromatic heterocycles. The van der Waals surface area contributed by atoms with E-state index < -0.39 is 0 Å². The number of nitrogens with one attached hydrogen (secondary N) is 1. The standard InChI is InChI=1S/C22H23N5OS/c1-22(2,3)18-14-29-19(26-18)10-12-24-21(28)16-13-25-27-17(9-11-23-20(16)27)15-7-5-4-6-8-15/h4-9,11,13-14H,10,12H2,1-3H3,(H,24,28). The van der Waals surface area contributed by atoms with Crippen molar-refractivity contribution in [3.8, 4) is 11.3 Å². The van der Waals surface area contributed by atoms with Crippen molar-refractivity contribution in [1.29, 1.82) is 0 Å². The van der Waals surface area contributed by atoms with E-state index in [-0.39, 0.29) is 11.3 Å². The summed E-state index contributed by atoms with van der Waals surface area (Å²) >= 11 is 1.64. The van der Waals surface area contributed by atoms with Crippen molar-refractivity contribution in [3.05, 3.63) is 70.4 Å². The van der Waals surface area contributed by atoms with E-state index >= 15 is 0 Å². The summed E-state index contributed by atoms with van der Waals surface area (Å²) in [6.07, 6.45) is 3.99. The number of thiazole rings is 1. The van der Waals surface area contributed by atoms with Gasteiger partial charge in [-0.2, -0.15) is 5.10 Å². The molecule has 0 aliphatic rings. The summed E-state index contributed by atoms with van der Waals surface area (Å²) in [6.45, 7) is 6.96. The lowest BCUT2D eigenvalue weighted by atomic mass is 9.93. The van der Waals surface area contributed by atoms with Crippen LogP contribution in [0.3, 0.4) is 0 Å². The second-order valence-electron chi connectivity index (χ2n) is 7.87. The van der Waals surface area contributed by atoms with Crippen molar-refractivity contribution >= 4 is 22.9 Å². The first kappa shape index (κ1) is 19.3. The molecule has 0 spiro atoms. The van der Waals surface area contributed by atoms with Crippen LogP contribution in [-0.4, -0.2) is 32.0 Å². The Hall–Kier alpha value is -3.06. The smallest absolute Gasteiger partial charge is 0.256 e. The zero-order valence-electron chi connectivity index (χ0n) is 16.7. The molecule has 29 heavy (non-hydrogen) atoms. The number of fused-ring (bicyclic) bond motifs is 1. The van der Waals surface area contributed by atoms with E-state index in [4.69, 9.17) is 0 Å². The minimum Gasteiger partial charge on any atom is -0.351 e. The number of hydrogen-bond donors (Lipinski definition) is 1. The number of hydrogen-bond acceptors (Lipinski definition) is 5. The highest BCUT2D eigenvalue weighted by atomic mass is 32.1. The molecule has 6 nitrogen and oxygen atoms in total. The monoisotopic (exact) mass is 405 g/mol. The Morgan fingerprint density at radius 1 is 1.17 bits per heavy atom. The van der Waals surface area contributed by atoms with Crippen LogP contribution >= 0.6 is 11.3 Å². The van der Waals surface area contributed by atoms with Crippen molar-refractivity contribution in [3.63, 3.8) is 0 Å². The number of nitrogens with zero attached hydrogens (tertiary/aromatic N) is 4. The molecule has 0 fully saturated rings. The van der Waals surface area contributed by atoms with Crippen LogP contribution in [-0.2, 0) is 11.8 Å². The highest BCUT2D eigenvalue weighted by Gasteiger charge is 2.18. The van der Waals surface area contributed by atoms with Crippen LogP contribution in [0, 0.1) is 0 Å². The predicted octanol–water partition coefficient (Wildman–Crippen LogP) is 4.12. The molecule has 4 aromatic rings. The topological polar surface area (TPSA) is 72.2 Å². The van der Waals surface area contributed by atoms with E-state index in [0.29, 0.717) is 24.2 Å². The third-order valence-electron chi connectivity index (χ3n) is 4.66. The molecule has 7 heteroatoms. The van der Waals surface area contributed by atoms with Gasteiger partial charge in [0.2, 0.25) is 0 Å². The zero-order valence-corrected chi connectivity index (χ0v) is 17.5. The van der Waals surface area contributed by atoms with Gasteiger partial charge in [-0.1, -0.05) is 51.1 Å². The summed E-state index contributed by atoms with van der Waals surface area (Å²) < 4.78 is 1.71. The van der Waals surface area contributed by atoms with Gasteiger partial charge in [0.25, 0.3) is 5.91 Å². The Labute approximate surface area is 173 Å². The molecule has 148 valence electrons. The van der Waals surface area contributed by atoms with Gasteiger partial charge in [0.05, 0.1) is 22.6 Å². The summed E-state index contributed by atoms with van der Waals surface area (Å²) in [5.41, 5.74) is 4.06. The van der Waals surface area contributed by atoms with Crippen LogP contribution in [0.4, 0.5) is 0 Å². The molecule has 0 saturated heterocycles. The fourth-order valence-corrected chi connectivity index (χ4v) is 4.05. The molecule has 0 unspecified atom stereocenters. The second-order valence-corrected chi connectivity index (χ2v) is 8.81. The second kappa shape index (κ2) is 7.75. The number of carbonyl (C=O) groups is 1. The van der Waals surface area contributed by atoms with Crippen LogP contribution < -0.4 is 5.32 Å². The van der Waals surface area contributed by atoms with Gasteiger partial charge in [-0.15, -0.1) is 11.3 Å². The molecule has 3 heterocycles. The number of aromatic nitrogens is 4. The summed E-state index contributed by atoms with van der Waals surface area (Å²) in [5.74, 6) is -0.176. The van der Waals surface area contributed by atoms with E-state index in [1.54, 1.807) is 28.2 Å². The molecule has 0 aliphatic carbocycles. The quantitative estimate of drug-likeness (QED) is 0.542. The van der Waals surface area contributed by atoms with Gasteiger partial charge in [0.15, 0.2) is 5.65 Å². The predicted molar refractivity (Wildman–Crippen MR) is 115 cm³/mol. The van der Waals surface area contributed by atoms with Crippen LogP contribution in [0.25, 0.3) is 16.9 Å². The SMILES string of the molecule is CC(C)(C)c1csc(CCNC(=O)c2cnn3c(-c4ccccc4)ccnc23)n1. The van der Waals surface area contributed by atoms with E-state index in [2.05, 4.69) is 46.5 Å². The highest BCUT2D eigenvalue weighted by molar-refractivity contribution is 7.09. The van der Waals surface area contributed by atoms with Crippen molar-refractivity contribution in [2.75, 3.05) is 6.54 Å². The fraction of sp³-hybridized carbons (Fsp3) is 0.273. The highest BCUT2D eigenvalue weighted by Crippen LogP contribution is 2.24. The number of rotatable bonds is 5. The normalized spacial score (nSPS) is 11.7. The van der Waals surface area contributed by atoms with Crippen molar-refractivity contribution in [1.82, 2.24) is 24.9 Å². The molecule has 0 aliphatic heterocycles. The van der Waals surface area contributed by atoms with Crippen LogP contribution in [0.1, 0.15) is 41.8 Å². The maximum absolute atomic E-state index is 12.7. The van der Waals surface area contributed by atoms with Crippen LogP contribution in [0.15, 0.2) is 54.2 Å². The minimum absolute atomic E-state index is 0.0389. The average molecular weight is 406 g/mol. The summed E-state index contributed by atoms with van der Waals surface area (Å²) in [7, 11) is 0. The fourth-order valence-electron chi connectivity index (χ4n) is 3.03. The molecule has 1 aromatic carbocycles. The lowest BCUT2D eigenvalue weighted by Crippen LogP contribution is -2.25. The third kappa shape index (κ3) is 4.05. The Kier molecular flexibility index (Phi) is 5.15. The lowest BCUT2D eigenvalue weighted by molar-refractivity contribution is 0.0955. The number of amides is 1. The van der Waals surface area contributed by atoms with E-state index in [1.807, 2.05) is 36.4 Å². The average Bonchev–Trinajstić information content (AvgIpc) is 3.35. The maximum Gasteiger partial charge on any atom is 0.256 e. The van der Waals surface area contributed by atoms with E-state index in [0.717, 1.165) is 22.0 Å². The molecule has 0 saturated carbocycles. The van der Waals surface area contributed by atoms with Gasteiger partial charge in [-0.3, -0.25) is 4.79 Å². The van der Waals surface area contributed by atoms with Crippen molar-refractivity contribution < 1.29 is 4.79 Å². The summed E-state index contributed by atoms with van der Waals surface area (Å²) in [4.78, 5) is 21.7. The van der Waals surface area contributed by atoms with Gasteiger partial charge in [0, 0.05) is 35.5 Å². The molecule has 0 radical (unpaired) electrons. The molecule has 0 atom stereocenters. The van der Waals surface area contributed by atoms with Crippen molar-refractivity contribution in [2.45, 2.75) is 32.6 Å². The Balaban J connectivity index is 1.47.